The molecular formula is C72H76CoN4O4S4. The Morgan fingerprint density at radius 2 is 0.518 bits per heavy atom. The van der Waals surface area contributed by atoms with E-state index in [4.69, 9.17) is 19.9 Å². The Hall–Kier alpha value is -5.93. The number of carbonyl (C=O) groups is 4. The number of aromatic nitrogens is 4. The molecule has 0 aliphatic carbocycles. The van der Waals surface area contributed by atoms with E-state index in [0.29, 0.717) is 0 Å². The molecule has 8 nitrogen and oxygen atoms in total. The van der Waals surface area contributed by atoms with E-state index in [1.807, 2.05) is 0 Å². The molecule has 0 amide bonds. The second kappa shape index (κ2) is 33.3. The van der Waals surface area contributed by atoms with Crippen molar-refractivity contribution in [1.29, 1.82) is 0 Å². The molecule has 85 heavy (non-hydrogen) atoms. The van der Waals surface area contributed by atoms with E-state index in [0.717, 1.165) is 215 Å². The van der Waals surface area contributed by atoms with Crippen molar-refractivity contribution < 1.29 is 36.0 Å². The first-order chi connectivity index (χ1) is 40.9. The van der Waals surface area contributed by atoms with Crippen molar-refractivity contribution in [2.75, 3.05) is 23.0 Å². The first-order valence-corrected chi connectivity index (χ1v) is 33.9. The molecule has 0 unspecified atom stereocenters. The Labute approximate surface area is 530 Å². The van der Waals surface area contributed by atoms with Gasteiger partial charge >= 0.3 is 16.8 Å². The predicted octanol–water partition coefficient (Wildman–Crippen LogP) is 18.5. The third-order valence-corrected chi connectivity index (χ3v) is 18.8. The predicted molar refractivity (Wildman–Crippen MR) is 361 cm³/mol. The van der Waals surface area contributed by atoms with Gasteiger partial charge in [0.05, 0.1) is 22.8 Å². The summed E-state index contributed by atoms with van der Waals surface area (Å²) in [6, 6.07) is 44.1. The summed E-state index contributed by atoms with van der Waals surface area (Å²) in [7, 11) is 0. The second-order valence-corrected chi connectivity index (χ2v) is 26.8. The molecule has 0 N–H and O–H groups in total. The van der Waals surface area contributed by atoms with Crippen LogP contribution in [0.15, 0.2) is 121 Å². The zero-order valence-electron chi connectivity index (χ0n) is 49.4. The molecular weight excluding hydrogens is 1170 g/mol. The summed E-state index contributed by atoms with van der Waals surface area (Å²) in [5, 5.41) is 0.713. The van der Waals surface area contributed by atoms with Crippen LogP contribution in [0.25, 0.3) is 90.9 Å². The number of rotatable bonds is 28. The summed E-state index contributed by atoms with van der Waals surface area (Å²) in [5.41, 5.74) is 19.5. The van der Waals surface area contributed by atoms with Gasteiger partial charge in [0, 0.05) is 50.7 Å². The molecule has 0 saturated carbocycles. The molecule has 9 rings (SSSR count). The average Bonchev–Trinajstić information content (AvgIpc) is 2.02. The van der Waals surface area contributed by atoms with Gasteiger partial charge in [0.2, 0.25) is 0 Å². The van der Waals surface area contributed by atoms with Gasteiger partial charge in [-0.1, -0.05) is 194 Å². The second-order valence-electron chi connectivity index (χ2n) is 21.8. The fraction of sp³-hybridized carbons (Fsp3) is 0.333. The molecule has 0 saturated heterocycles. The molecule has 1 radical (unpaired) electrons. The van der Waals surface area contributed by atoms with Crippen molar-refractivity contribution in [3.63, 3.8) is 0 Å². The van der Waals surface area contributed by atoms with E-state index in [-0.39, 0.29) is 37.2 Å². The van der Waals surface area contributed by atoms with Crippen molar-refractivity contribution in [2.45, 2.75) is 130 Å². The summed E-state index contributed by atoms with van der Waals surface area (Å²) < 4.78 is 0. The molecule has 7 aromatic rings. The van der Waals surface area contributed by atoms with Gasteiger partial charge in [-0.25, -0.2) is 9.97 Å². The van der Waals surface area contributed by atoms with Gasteiger partial charge in [0.25, 0.3) is 0 Å². The minimum Gasteiger partial charge on any atom is -0.657 e. The SMILES string of the molecule is CC(=O)SCCCCCc1ccc(-c2c3nc(c(-c4ccc(CCCCCSC(C)=O)cc4)c4ccc([n-]4)c(-c4ccc(CCCCCSC(C)=O)cc4)c4nc(c(-c5ccc(CCCCCSC(C)=O)cc5)c5ccc2[n-]5)C=C4)C=C3)cc1.[Co+2]. The van der Waals surface area contributed by atoms with E-state index in [1.54, 1.807) is 27.7 Å². The van der Waals surface area contributed by atoms with Crippen LogP contribution in [0.5, 0.6) is 0 Å². The Morgan fingerprint density at radius 3 is 0.718 bits per heavy atom. The smallest absolute Gasteiger partial charge is 0.657 e. The molecule has 2 aliphatic heterocycles. The maximum Gasteiger partial charge on any atom is 2.00 e. The topological polar surface area (TPSA) is 122 Å². The number of unbranched alkanes of at least 4 members (excludes halogenated alkanes) is 8. The quantitative estimate of drug-likeness (QED) is 0.0434. The van der Waals surface area contributed by atoms with Crippen LogP contribution < -0.4 is 9.97 Å². The number of carbonyl (C=O) groups excluding carboxylic acids is 4. The molecule has 13 heteroatoms. The van der Waals surface area contributed by atoms with Crippen LogP contribution in [0.3, 0.4) is 0 Å². The Balaban J connectivity index is 0.00000940. The minimum atomic E-state index is 0. The standard InChI is InChI=1S/C72H76N4O4S4.Co/c1-49(77)81-45-13-5-9-17-53-21-29-57(30-22-53)69-61-37-39-63(73-61)70(58-31-23-54(24-32-58)18-10-6-14-46-82-50(2)78)65-41-43-67(75-65)72(60-35-27-56(28-36-60)20-12-8-16-48-84-52(4)80)68-44-42-66(76-68)71(64-40-38-62(69)74-64)59-33-25-55(26-34-59)19-11-7-15-47-83-51(3)79;/h21-44H,5-20,45-48H2,1-4H3;/q-2;+2. The van der Waals surface area contributed by atoms with Crippen molar-refractivity contribution >= 4 is 114 Å². The molecule has 5 heterocycles. The number of aryl methyl sites for hydroxylation is 4. The Bertz CT molecular complexity index is 3170. The van der Waals surface area contributed by atoms with Gasteiger partial charge in [0.1, 0.15) is 0 Å². The van der Waals surface area contributed by atoms with Gasteiger partial charge in [0.15, 0.2) is 20.5 Å². The monoisotopic (exact) mass is 1250 g/mol. The molecule has 0 spiro atoms. The van der Waals surface area contributed by atoms with Crippen LogP contribution >= 0.6 is 47.0 Å². The van der Waals surface area contributed by atoms with E-state index in [2.05, 4.69) is 146 Å². The number of fused-ring (bicyclic) bond motifs is 8. The summed E-state index contributed by atoms with van der Waals surface area (Å²) in [4.78, 5) is 68.3. The molecule has 8 bridgehead atoms. The van der Waals surface area contributed by atoms with Crippen molar-refractivity contribution in [3.05, 3.63) is 166 Å². The number of hydrogen-bond acceptors (Lipinski definition) is 10. The fourth-order valence-electron chi connectivity index (χ4n) is 10.9. The fourth-order valence-corrected chi connectivity index (χ4v) is 13.5. The molecule has 441 valence electrons. The van der Waals surface area contributed by atoms with Crippen molar-refractivity contribution in [3.8, 4) is 44.5 Å². The van der Waals surface area contributed by atoms with E-state index in [9.17, 15) is 19.2 Å². The summed E-state index contributed by atoms with van der Waals surface area (Å²) in [6.45, 7) is 6.55. The maximum absolute atomic E-state index is 11.5. The summed E-state index contributed by atoms with van der Waals surface area (Å²) >= 11 is 5.64. The number of thioether (sulfide) groups is 4. The van der Waals surface area contributed by atoms with Crippen LogP contribution in [-0.2, 0) is 61.6 Å². The van der Waals surface area contributed by atoms with Crippen molar-refractivity contribution in [2.24, 2.45) is 0 Å². The minimum absolute atomic E-state index is 0. The van der Waals surface area contributed by atoms with Crippen LogP contribution in [-0.4, -0.2) is 53.4 Å². The number of hydrogen-bond donors (Lipinski definition) is 0. The zero-order chi connectivity index (χ0) is 58.6. The third-order valence-electron chi connectivity index (χ3n) is 15.2. The number of benzene rings is 4. The van der Waals surface area contributed by atoms with Gasteiger partial charge in [-0.05, 0) is 168 Å². The summed E-state index contributed by atoms with van der Waals surface area (Å²) in [6.07, 6.45) is 25.0. The summed E-state index contributed by atoms with van der Waals surface area (Å²) in [5.74, 6) is 3.47. The first kappa shape index (κ1) is 65.1. The van der Waals surface area contributed by atoms with Gasteiger partial charge in [-0.3, -0.25) is 19.2 Å². The van der Waals surface area contributed by atoms with Crippen LogP contribution in [0.4, 0.5) is 0 Å². The van der Waals surface area contributed by atoms with Gasteiger partial charge in [-0.2, -0.15) is 0 Å². The van der Waals surface area contributed by atoms with E-state index in [1.165, 1.54) is 69.3 Å². The van der Waals surface area contributed by atoms with Crippen LogP contribution in [0.1, 0.15) is 150 Å². The van der Waals surface area contributed by atoms with Gasteiger partial charge < -0.3 is 9.97 Å². The largest absolute Gasteiger partial charge is 2.00 e. The maximum atomic E-state index is 11.5. The van der Waals surface area contributed by atoms with Crippen molar-refractivity contribution in [1.82, 2.24) is 19.9 Å². The molecule has 2 aliphatic rings. The third kappa shape index (κ3) is 19.0. The van der Waals surface area contributed by atoms with E-state index < -0.39 is 0 Å². The molecule has 0 atom stereocenters. The zero-order valence-corrected chi connectivity index (χ0v) is 53.7. The van der Waals surface area contributed by atoms with Crippen LogP contribution in [0.2, 0.25) is 0 Å². The molecule has 3 aromatic heterocycles. The first-order valence-electron chi connectivity index (χ1n) is 29.9. The molecule has 0 fully saturated rings. The Kier molecular flexibility index (Phi) is 25.5. The molecule has 4 aromatic carbocycles. The normalized spacial score (nSPS) is 11.7. The Morgan fingerprint density at radius 1 is 0.306 bits per heavy atom. The number of nitrogens with zero attached hydrogens (tertiary/aromatic N) is 4. The van der Waals surface area contributed by atoms with E-state index >= 15 is 0 Å². The average molecular weight is 1250 g/mol. The van der Waals surface area contributed by atoms with Gasteiger partial charge in [-0.15, -0.1) is 22.1 Å². The van der Waals surface area contributed by atoms with Crippen LogP contribution in [0, 0.1) is 0 Å².